The summed E-state index contributed by atoms with van der Waals surface area (Å²) in [5.41, 5.74) is 2.01. The second-order valence-electron chi connectivity index (χ2n) is 6.31. The van der Waals surface area contributed by atoms with Crippen molar-refractivity contribution < 1.29 is 9.59 Å². The molecule has 2 aromatic heterocycles. The number of aromatic amines is 1. The fraction of sp³-hybridized carbons (Fsp3) is 0.353. The van der Waals surface area contributed by atoms with Gasteiger partial charge in [-0.3, -0.25) is 9.69 Å². The van der Waals surface area contributed by atoms with Gasteiger partial charge in [0.1, 0.15) is 6.04 Å². The van der Waals surface area contributed by atoms with Crippen LogP contribution in [-0.2, 0) is 24.3 Å². The highest BCUT2D eigenvalue weighted by atomic mass is 16.2. The smallest absolute Gasteiger partial charge is 0.325 e. The van der Waals surface area contributed by atoms with Gasteiger partial charge >= 0.3 is 6.03 Å². The number of rotatable bonds is 6. The van der Waals surface area contributed by atoms with Crippen LogP contribution in [0, 0.1) is 0 Å². The number of hydrogen-bond acceptors (Lipinski definition) is 5. The highest BCUT2D eigenvalue weighted by Crippen LogP contribution is 2.21. The van der Waals surface area contributed by atoms with Crippen molar-refractivity contribution in [1.29, 1.82) is 0 Å². The van der Waals surface area contributed by atoms with Crippen molar-refractivity contribution in [2.45, 2.75) is 38.9 Å². The highest BCUT2D eigenvalue weighted by Gasteiger charge is 2.39. The van der Waals surface area contributed by atoms with Crippen molar-refractivity contribution in [2.24, 2.45) is 0 Å². The summed E-state index contributed by atoms with van der Waals surface area (Å²) in [6, 6.07) is 6.89. The first-order valence-corrected chi connectivity index (χ1v) is 8.59. The predicted octanol–water partition coefficient (Wildman–Crippen LogP) is 1.23. The molecule has 9 heteroatoms. The van der Waals surface area contributed by atoms with Gasteiger partial charge in [-0.2, -0.15) is 0 Å². The second kappa shape index (κ2) is 6.58. The minimum Gasteiger partial charge on any atom is -0.361 e. The summed E-state index contributed by atoms with van der Waals surface area (Å²) in [6.07, 6.45) is 3.18. The Balaban J connectivity index is 1.51. The van der Waals surface area contributed by atoms with Crippen LogP contribution in [0.3, 0.4) is 0 Å². The molecule has 0 spiro atoms. The molecule has 26 heavy (non-hydrogen) atoms. The van der Waals surface area contributed by atoms with Gasteiger partial charge in [0.05, 0.1) is 6.54 Å². The van der Waals surface area contributed by atoms with E-state index < -0.39 is 12.1 Å². The van der Waals surface area contributed by atoms with Crippen molar-refractivity contribution in [3.8, 4) is 0 Å². The minimum absolute atomic E-state index is 0.0715. The fourth-order valence-electron chi connectivity index (χ4n) is 3.25. The van der Waals surface area contributed by atoms with E-state index in [2.05, 4.69) is 25.8 Å². The number of carbonyl (C=O) groups excluding carboxylic acids is 2. The molecule has 0 radical (unpaired) electrons. The average Bonchev–Trinajstić information content (AvgIpc) is 3.32. The van der Waals surface area contributed by atoms with Gasteiger partial charge in [-0.15, -0.1) is 5.10 Å². The summed E-state index contributed by atoms with van der Waals surface area (Å²) >= 11 is 0. The molecule has 1 saturated heterocycles. The van der Waals surface area contributed by atoms with E-state index >= 15 is 0 Å². The van der Waals surface area contributed by atoms with Crippen LogP contribution < -0.4 is 5.32 Å². The monoisotopic (exact) mass is 353 g/mol. The third kappa shape index (κ3) is 2.81. The van der Waals surface area contributed by atoms with Crippen LogP contribution in [0.25, 0.3) is 10.9 Å². The molecular formula is C17H19N7O2. The summed E-state index contributed by atoms with van der Waals surface area (Å²) in [4.78, 5) is 29.4. The van der Waals surface area contributed by atoms with Gasteiger partial charge in [0.2, 0.25) is 0 Å². The van der Waals surface area contributed by atoms with E-state index in [0.717, 1.165) is 22.9 Å². The molecule has 1 aliphatic rings. The first-order chi connectivity index (χ1) is 12.7. The number of aryl methyl sites for hydroxylation is 1. The van der Waals surface area contributed by atoms with Gasteiger partial charge < -0.3 is 10.3 Å². The van der Waals surface area contributed by atoms with E-state index in [1.54, 1.807) is 4.68 Å². The fourth-order valence-corrected chi connectivity index (χ4v) is 3.25. The summed E-state index contributed by atoms with van der Waals surface area (Å²) in [7, 11) is 0. The Kier molecular flexibility index (Phi) is 4.11. The number of nitrogens with one attached hydrogen (secondary N) is 2. The topological polar surface area (TPSA) is 109 Å². The van der Waals surface area contributed by atoms with Gasteiger partial charge in [0, 0.05) is 30.1 Å². The van der Waals surface area contributed by atoms with E-state index in [1.807, 2.05) is 37.4 Å². The molecule has 9 nitrogen and oxygen atoms in total. The van der Waals surface area contributed by atoms with Gasteiger partial charge in [-0.25, -0.2) is 9.48 Å². The third-order valence-corrected chi connectivity index (χ3v) is 4.55. The number of nitrogens with zero attached hydrogens (tertiary/aromatic N) is 5. The van der Waals surface area contributed by atoms with Crippen LogP contribution in [-0.4, -0.2) is 48.1 Å². The highest BCUT2D eigenvalue weighted by molar-refractivity contribution is 6.04. The van der Waals surface area contributed by atoms with E-state index in [-0.39, 0.29) is 12.5 Å². The number of imide groups is 1. The summed E-state index contributed by atoms with van der Waals surface area (Å²) in [5, 5.41) is 15.3. The number of hydrogen-bond donors (Lipinski definition) is 2. The normalized spacial score (nSPS) is 17.3. The van der Waals surface area contributed by atoms with Crippen molar-refractivity contribution in [3.05, 3.63) is 41.9 Å². The second-order valence-corrected chi connectivity index (χ2v) is 6.31. The lowest BCUT2D eigenvalue weighted by atomic mass is 10.1. The number of carbonyl (C=O) groups is 2. The zero-order valence-corrected chi connectivity index (χ0v) is 14.3. The largest absolute Gasteiger partial charge is 0.361 e. The number of para-hydroxylation sites is 1. The Morgan fingerprint density at radius 1 is 1.23 bits per heavy atom. The zero-order chi connectivity index (χ0) is 18.1. The molecule has 1 fully saturated rings. The Bertz CT molecular complexity index is 961. The predicted molar refractivity (Wildman–Crippen MR) is 93.0 cm³/mol. The lowest BCUT2D eigenvalue weighted by Gasteiger charge is -2.12. The first kappa shape index (κ1) is 16.2. The molecule has 1 aliphatic heterocycles. The van der Waals surface area contributed by atoms with Crippen molar-refractivity contribution in [2.75, 3.05) is 0 Å². The maximum atomic E-state index is 12.7. The van der Waals surface area contributed by atoms with Gasteiger partial charge in [-0.05, 0) is 28.5 Å². The summed E-state index contributed by atoms with van der Waals surface area (Å²) in [5.74, 6) is 0.245. The Hall–Kier alpha value is -3.23. The van der Waals surface area contributed by atoms with E-state index in [0.29, 0.717) is 18.8 Å². The Morgan fingerprint density at radius 3 is 2.92 bits per heavy atom. The quantitative estimate of drug-likeness (QED) is 0.648. The molecular weight excluding hydrogens is 334 g/mol. The number of H-pyrrole nitrogens is 1. The zero-order valence-electron chi connectivity index (χ0n) is 14.3. The maximum absolute atomic E-state index is 12.7. The van der Waals surface area contributed by atoms with E-state index in [1.165, 1.54) is 4.90 Å². The molecule has 4 rings (SSSR count). The molecule has 0 bridgehead atoms. The molecule has 134 valence electrons. The Morgan fingerprint density at radius 2 is 2.08 bits per heavy atom. The van der Waals surface area contributed by atoms with Crippen molar-refractivity contribution in [3.63, 3.8) is 0 Å². The number of fused-ring (bicyclic) bond motifs is 1. The van der Waals surface area contributed by atoms with Gasteiger partial charge in [0.15, 0.2) is 5.82 Å². The van der Waals surface area contributed by atoms with Gasteiger partial charge in [0.25, 0.3) is 5.91 Å². The van der Waals surface area contributed by atoms with Gasteiger partial charge in [-0.1, -0.05) is 25.1 Å². The van der Waals surface area contributed by atoms with Crippen LogP contribution in [0.4, 0.5) is 4.79 Å². The van der Waals surface area contributed by atoms with Crippen LogP contribution in [0.2, 0.25) is 0 Å². The van der Waals surface area contributed by atoms with Crippen molar-refractivity contribution >= 4 is 22.8 Å². The van der Waals surface area contributed by atoms with Crippen LogP contribution >= 0.6 is 0 Å². The SMILES string of the molecule is CCCn1nnnc1CN1C(=O)N[C@@H](Cc2c[nH]c3ccccc23)C1=O. The molecule has 2 N–H and O–H groups in total. The number of benzene rings is 1. The summed E-state index contributed by atoms with van der Waals surface area (Å²) < 4.78 is 1.62. The standard InChI is InChI=1S/C17H19N7O2/c1-2-7-24-15(20-21-22-24)10-23-16(25)14(19-17(23)26)8-11-9-18-13-6-4-3-5-12(11)13/h3-6,9,14,18H,2,7-8,10H2,1H3,(H,19,26)/t14-/m0/s1. The molecule has 0 unspecified atom stereocenters. The lowest BCUT2D eigenvalue weighted by Crippen LogP contribution is -2.33. The summed E-state index contributed by atoms with van der Waals surface area (Å²) in [6.45, 7) is 2.73. The minimum atomic E-state index is -0.586. The average molecular weight is 353 g/mol. The number of tetrazole rings is 1. The van der Waals surface area contributed by atoms with E-state index in [9.17, 15) is 9.59 Å². The maximum Gasteiger partial charge on any atom is 0.325 e. The molecule has 1 aromatic carbocycles. The molecule has 3 aromatic rings. The van der Waals surface area contributed by atoms with Crippen LogP contribution in [0.1, 0.15) is 24.7 Å². The number of aromatic nitrogens is 5. The molecule has 0 saturated carbocycles. The van der Waals surface area contributed by atoms with Crippen LogP contribution in [0.5, 0.6) is 0 Å². The lowest BCUT2D eigenvalue weighted by molar-refractivity contribution is -0.127. The van der Waals surface area contributed by atoms with E-state index in [4.69, 9.17) is 0 Å². The molecule has 0 aliphatic carbocycles. The first-order valence-electron chi connectivity index (χ1n) is 8.59. The number of urea groups is 1. The number of amides is 3. The third-order valence-electron chi connectivity index (χ3n) is 4.55. The van der Waals surface area contributed by atoms with Crippen LogP contribution in [0.15, 0.2) is 30.5 Å². The molecule has 3 amide bonds. The molecule has 1 atom stereocenters. The Labute approximate surface area is 149 Å². The van der Waals surface area contributed by atoms with Crippen molar-refractivity contribution in [1.82, 2.24) is 35.4 Å². The molecule has 3 heterocycles.